The van der Waals surface area contributed by atoms with Gasteiger partial charge in [0.1, 0.15) is 0 Å². The van der Waals surface area contributed by atoms with Crippen LogP contribution >= 0.6 is 11.8 Å². The van der Waals surface area contributed by atoms with Crippen LogP contribution in [0.1, 0.15) is 5.56 Å². The number of nitrogens with zero attached hydrogens (tertiary/aromatic N) is 2. The number of hydrogen-bond acceptors (Lipinski definition) is 4. The molecule has 3 aliphatic rings. The quantitative estimate of drug-likeness (QED) is 0.852. The van der Waals surface area contributed by atoms with Gasteiger partial charge in [-0.25, -0.2) is 0 Å². The highest BCUT2D eigenvalue weighted by Gasteiger charge is 2.31. The average Bonchev–Trinajstić information content (AvgIpc) is 2.55. The monoisotopic (exact) mass is 305 g/mol. The van der Waals surface area contributed by atoms with Gasteiger partial charge in [-0.2, -0.15) is 0 Å². The van der Waals surface area contributed by atoms with E-state index >= 15 is 0 Å². The fourth-order valence-electron chi connectivity index (χ4n) is 3.04. The predicted molar refractivity (Wildman–Crippen MR) is 87.4 cm³/mol. The fraction of sp³-hybridized carbons (Fsp3) is 0.562. The fourth-order valence-corrected chi connectivity index (χ4v) is 3.85. The number of amides is 1. The van der Waals surface area contributed by atoms with Crippen molar-refractivity contribution < 1.29 is 4.79 Å². The van der Waals surface area contributed by atoms with Crippen LogP contribution in [0, 0.1) is 0 Å². The van der Waals surface area contributed by atoms with E-state index in [0.29, 0.717) is 11.8 Å². The summed E-state index contributed by atoms with van der Waals surface area (Å²) >= 11 is 1.68. The molecule has 114 valence electrons. The first kappa shape index (κ1) is 14.9. The Bertz CT molecular complexity index is 460. The van der Waals surface area contributed by atoms with E-state index in [2.05, 4.69) is 27.2 Å². The normalized spacial score (nSPS) is 27.5. The van der Waals surface area contributed by atoms with E-state index in [9.17, 15) is 4.79 Å². The third-order valence-corrected chi connectivity index (χ3v) is 5.28. The molecule has 1 unspecified atom stereocenters. The summed E-state index contributed by atoms with van der Waals surface area (Å²) in [7, 11) is 0. The van der Waals surface area contributed by atoms with E-state index in [4.69, 9.17) is 0 Å². The first-order chi connectivity index (χ1) is 10.3. The van der Waals surface area contributed by atoms with Crippen LogP contribution in [0.4, 0.5) is 0 Å². The Kier molecular flexibility index (Phi) is 5.17. The van der Waals surface area contributed by atoms with Crippen molar-refractivity contribution in [3.05, 3.63) is 35.9 Å². The Balaban J connectivity index is 1.33. The van der Waals surface area contributed by atoms with Crippen LogP contribution in [0.3, 0.4) is 0 Å². The van der Waals surface area contributed by atoms with Gasteiger partial charge in [-0.3, -0.25) is 14.6 Å². The molecule has 5 heteroatoms. The van der Waals surface area contributed by atoms with Crippen LogP contribution in [0.25, 0.3) is 0 Å². The molecule has 3 fully saturated rings. The molecular formula is C16H23N3OS. The zero-order valence-electron chi connectivity index (χ0n) is 12.3. The lowest BCUT2D eigenvalue weighted by Gasteiger charge is -2.47. The molecule has 21 heavy (non-hydrogen) atoms. The summed E-state index contributed by atoms with van der Waals surface area (Å²) in [6.45, 7) is 6.60. The van der Waals surface area contributed by atoms with Crippen molar-refractivity contribution in [1.82, 2.24) is 15.1 Å². The topological polar surface area (TPSA) is 35.6 Å². The van der Waals surface area contributed by atoms with Crippen LogP contribution < -0.4 is 5.32 Å². The number of thioether (sulfide) groups is 1. The first-order valence-electron chi connectivity index (χ1n) is 7.66. The van der Waals surface area contributed by atoms with E-state index in [1.165, 1.54) is 18.7 Å². The van der Waals surface area contributed by atoms with E-state index < -0.39 is 0 Å². The highest BCUT2D eigenvalue weighted by molar-refractivity contribution is 7.99. The number of carbonyl (C=O) groups is 1. The number of hydrogen-bond donors (Lipinski definition) is 1. The third kappa shape index (κ3) is 4.22. The van der Waals surface area contributed by atoms with E-state index in [1.54, 1.807) is 11.8 Å². The molecule has 3 heterocycles. The van der Waals surface area contributed by atoms with Crippen LogP contribution in [-0.2, 0) is 10.5 Å². The third-order valence-electron chi connectivity index (χ3n) is 4.27. The van der Waals surface area contributed by atoms with Gasteiger partial charge in [0.05, 0.1) is 5.75 Å². The van der Waals surface area contributed by atoms with Crippen molar-refractivity contribution in [2.45, 2.75) is 11.8 Å². The second kappa shape index (κ2) is 7.29. The molecule has 1 aromatic carbocycles. The standard InChI is InChI=1S/C16H23N3OS/c20-16(13-21-12-14-4-2-1-3-5-14)17-10-15-11-18-6-8-19(15)9-7-18/h1-5,15H,6-13H2,(H,17,20). The molecule has 0 aromatic heterocycles. The molecule has 0 spiro atoms. The Morgan fingerprint density at radius 1 is 1.19 bits per heavy atom. The van der Waals surface area contributed by atoms with Crippen molar-refractivity contribution >= 4 is 17.7 Å². The van der Waals surface area contributed by atoms with Crippen LogP contribution in [0.15, 0.2) is 30.3 Å². The number of benzene rings is 1. The minimum atomic E-state index is 0.161. The summed E-state index contributed by atoms with van der Waals surface area (Å²) in [5, 5.41) is 3.10. The average molecular weight is 305 g/mol. The number of piperazine rings is 3. The minimum Gasteiger partial charge on any atom is -0.354 e. The number of fused-ring (bicyclic) bond motifs is 3. The minimum absolute atomic E-state index is 0.161. The van der Waals surface area contributed by atoms with Crippen molar-refractivity contribution in [2.24, 2.45) is 0 Å². The molecule has 4 rings (SSSR count). The van der Waals surface area contributed by atoms with Gasteiger partial charge in [-0.05, 0) is 5.56 Å². The van der Waals surface area contributed by atoms with Crippen LogP contribution in [-0.4, -0.2) is 66.8 Å². The maximum absolute atomic E-state index is 11.9. The van der Waals surface area contributed by atoms with Gasteiger partial charge in [0.2, 0.25) is 5.91 Å². The largest absolute Gasteiger partial charge is 0.354 e. The number of nitrogens with one attached hydrogen (secondary N) is 1. The number of carbonyl (C=O) groups excluding carboxylic acids is 1. The molecule has 3 saturated heterocycles. The predicted octanol–water partition coefficient (Wildman–Crippen LogP) is 1.04. The summed E-state index contributed by atoms with van der Waals surface area (Å²) < 4.78 is 0. The summed E-state index contributed by atoms with van der Waals surface area (Å²) in [6.07, 6.45) is 0. The smallest absolute Gasteiger partial charge is 0.230 e. The first-order valence-corrected chi connectivity index (χ1v) is 8.81. The molecule has 2 bridgehead atoms. The Hall–Kier alpha value is -1.04. The summed E-state index contributed by atoms with van der Waals surface area (Å²) in [5.41, 5.74) is 1.28. The molecule has 1 aromatic rings. The van der Waals surface area contributed by atoms with Crippen molar-refractivity contribution in [3.63, 3.8) is 0 Å². The van der Waals surface area contributed by atoms with Crippen LogP contribution in [0.5, 0.6) is 0 Å². The highest BCUT2D eigenvalue weighted by Crippen LogP contribution is 2.15. The van der Waals surface area contributed by atoms with Crippen molar-refractivity contribution in [3.8, 4) is 0 Å². The second-order valence-corrected chi connectivity index (χ2v) is 6.76. The molecule has 1 N–H and O–H groups in total. The Morgan fingerprint density at radius 2 is 1.95 bits per heavy atom. The van der Waals surface area contributed by atoms with E-state index in [0.717, 1.165) is 31.9 Å². The second-order valence-electron chi connectivity index (χ2n) is 5.77. The SMILES string of the molecule is O=C(CSCc1ccccc1)NCC1CN2CCN1CC2. The van der Waals surface area contributed by atoms with Gasteiger partial charge in [-0.15, -0.1) is 11.8 Å². The molecule has 1 atom stereocenters. The lowest BCUT2D eigenvalue weighted by atomic mass is 10.1. The van der Waals surface area contributed by atoms with E-state index in [1.807, 2.05) is 18.2 Å². The lowest BCUT2D eigenvalue weighted by molar-refractivity contribution is -0.119. The molecule has 0 radical (unpaired) electrons. The van der Waals surface area contributed by atoms with Gasteiger partial charge in [0.25, 0.3) is 0 Å². The van der Waals surface area contributed by atoms with E-state index in [-0.39, 0.29) is 5.91 Å². The summed E-state index contributed by atoms with van der Waals surface area (Å²) in [4.78, 5) is 16.9. The molecule has 0 aliphatic carbocycles. The van der Waals surface area contributed by atoms with Gasteiger partial charge in [0.15, 0.2) is 0 Å². The highest BCUT2D eigenvalue weighted by atomic mass is 32.2. The lowest BCUT2D eigenvalue weighted by Crippen LogP contribution is -2.63. The molecule has 3 aliphatic heterocycles. The van der Waals surface area contributed by atoms with Crippen molar-refractivity contribution in [1.29, 1.82) is 0 Å². The zero-order valence-corrected chi connectivity index (χ0v) is 13.1. The Morgan fingerprint density at radius 3 is 2.62 bits per heavy atom. The molecule has 0 saturated carbocycles. The van der Waals surface area contributed by atoms with Gasteiger partial charge >= 0.3 is 0 Å². The van der Waals surface area contributed by atoms with Crippen molar-refractivity contribution in [2.75, 3.05) is 45.0 Å². The number of rotatable bonds is 6. The molecule has 4 nitrogen and oxygen atoms in total. The molecule has 1 amide bonds. The van der Waals surface area contributed by atoms with Gasteiger partial charge in [0, 0.05) is 51.1 Å². The maximum atomic E-state index is 11.9. The molecular weight excluding hydrogens is 282 g/mol. The Labute approximate surface area is 130 Å². The zero-order chi connectivity index (χ0) is 14.5. The summed E-state index contributed by atoms with van der Waals surface area (Å²) in [5.74, 6) is 1.61. The summed E-state index contributed by atoms with van der Waals surface area (Å²) in [6, 6.07) is 10.8. The van der Waals surface area contributed by atoms with Gasteiger partial charge < -0.3 is 5.32 Å². The maximum Gasteiger partial charge on any atom is 0.230 e. The van der Waals surface area contributed by atoms with Crippen LogP contribution in [0.2, 0.25) is 0 Å². The van der Waals surface area contributed by atoms with Gasteiger partial charge in [-0.1, -0.05) is 30.3 Å².